The number of nitrogens with two attached hydrogens (primary N) is 1. The minimum atomic E-state index is -0.293. The number of aromatic nitrogens is 3. The van der Waals surface area contributed by atoms with Gasteiger partial charge >= 0.3 is 0 Å². The molecule has 21 heavy (non-hydrogen) atoms. The summed E-state index contributed by atoms with van der Waals surface area (Å²) in [5, 5.41) is 8.58. The van der Waals surface area contributed by atoms with E-state index in [0.29, 0.717) is 17.4 Å². The van der Waals surface area contributed by atoms with Crippen LogP contribution in [-0.4, -0.2) is 15.0 Å². The Labute approximate surface area is 122 Å². The number of hydrogen-bond donors (Lipinski definition) is 1. The van der Waals surface area contributed by atoms with Crippen LogP contribution in [0.1, 0.15) is 17.2 Å². The van der Waals surface area contributed by atoms with Crippen LogP contribution in [0.2, 0.25) is 0 Å². The second kappa shape index (κ2) is 5.46. The van der Waals surface area contributed by atoms with Crippen molar-refractivity contribution in [3.8, 4) is 0 Å². The molecule has 1 unspecified atom stereocenters. The summed E-state index contributed by atoms with van der Waals surface area (Å²) in [5.41, 5.74) is 8.75. The van der Waals surface area contributed by atoms with Crippen LogP contribution < -0.4 is 11.3 Å². The molecule has 5 nitrogen and oxygen atoms in total. The van der Waals surface area contributed by atoms with Gasteiger partial charge in [-0.1, -0.05) is 47.2 Å². The Balaban J connectivity index is 1.93. The van der Waals surface area contributed by atoms with Crippen LogP contribution in [0.5, 0.6) is 0 Å². The first kappa shape index (κ1) is 13.5. The SMILES string of the molecule is Cc1ccc(C(N)Cn2nnc3ccccc3c2=O)cc1. The van der Waals surface area contributed by atoms with E-state index in [1.807, 2.05) is 43.3 Å². The first-order chi connectivity index (χ1) is 10.1. The Morgan fingerprint density at radius 3 is 2.62 bits per heavy atom. The van der Waals surface area contributed by atoms with Gasteiger partial charge in [-0.05, 0) is 24.6 Å². The summed E-state index contributed by atoms with van der Waals surface area (Å²) in [6.07, 6.45) is 0. The van der Waals surface area contributed by atoms with Crippen molar-refractivity contribution >= 4 is 10.9 Å². The lowest BCUT2D eigenvalue weighted by Crippen LogP contribution is -2.29. The number of rotatable bonds is 3. The predicted octanol–water partition coefficient (Wildman–Crippen LogP) is 1.80. The van der Waals surface area contributed by atoms with E-state index >= 15 is 0 Å². The molecular weight excluding hydrogens is 264 g/mol. The van der Waals surface area contributed by atoms with E-state index in [2.05, 4.69) is 10.3 Å². The summed E-state index contributed by atoms with van der Waals surface area (Å²) in [6, 6.07) is 14.8. The highest BCUT2D eigenvalue weighted by Crippen LogP contribution is 2.13. The van der Waals surface area contributed by atoms with Crippen molar-refractivity contribution in [3.63, 3.8) is 0 Å². The lowest BCUT2D eigenvalue weighted by atomic mass is 10.1. The second-order valence-electron chi connectivity index (χ2n) is 5.11. The van der Waals surface area contributed by atoms with Gasteiger partial charge in [0.1, 0.15) is 5.52 Å². The minimum Gasteiger partial charge on any atom is -0.322 e. The van der Waals surface area contributed by atoms with Crippen LogP contribution in [0.4, 0.5) is 0 Å². The molecule has 0 aliphatic heterocycles. The monoisotopic (exact) mass is 280 g/mol. The molecule has 1 aromatic heterocycles. The molecule has 0 aliphatic rings. The third-order valence-corrected chi connectivity index (χ3v) is 3.50. The lowest BCUT2D eigenvalue weighted by Gasteiger charge is -2.13. The average Bonchev–Trinajstić information content (AvgIpc) is 2.51. The topological polar surface area (TPSA) is 73.8 Å². The van der Waals surface area contributed by atoms with E-state index in [1.54, 1.807) is 12.1 Å². The number of nitrogens with zero attached hydrogens (tertiary/aromatic N) is 3. The predicted molar refractivity (Wildman–Crippen MR) is 81.9 cm³/mol. The molecule has 3 rings (SSSR count). The number of aryl methyl sites for hydroxylation is 1. The van der Waals surface area contributed by atoms with Crippen molar-refractivity contribution in [1.29, 1.82) is 0 Å². The Morgan fingerprint density at radius 2 is 1.86 bits per heavy atom. The fourth-order valence-corrected chi connectivity index (χ4v) is 2.25. The summed E-state index contributed by atoms with van der Waals surface area (Å²) in [7, 11) is 0. The van der Waals surface area contributed by atoms with Crippen molar-refractivity contribution in [2.24, 2.45) is 5.73 Å². The minimum absolute atomic E-state index is 0.164. The van der Waals surface area contributed by atoms with Crippen LogP contribution >= 0.6 is 0 Å². The molecule has 0 spiro atoms. The Morgan fingerprint density at radius 1 is 1.14 bits per heavy atom. The van der Waals surface area contributed by atoms with Crippen molar-refractivity contribution < 1.29 is 0 Å². The van der Waals surface area contributed by atoms with E-state index in [0.717, 1.165) is 5.56 Å². The van der Waals surface area contributed by atoms with Crippen LogP contribution in [0, 0.1) is 6.92 Å². The molecule has 2 aromatic carbocycles. The van der Waals surface area contributed by atoms with E-state index in [9.17, 15) is 4.79 Å². The van der Waals surface area contributed by atoms with Gasteiger partial charge in [0.15, 0.2) is 0 Å². The first-order valence-corrected chi connectivity index (χ1v) is 6.80. The second-order valence-corrected chi connectivity index (χ2v) is 5.11. The number of hydrogen-bond acceptors (Lipinski definition) is 4. The largest absolute Gasteiger partial charge is 0.322 e. The van der Waals surface area contributed by atoms with Gasteiger partial charge in [0, 0.05) is 6.04 Å². The maximum atomic E-state index is 12.4. The average molecular weight is 280 g/mol. The van der Waals surface area contributed by atoms with Gasteiger partial charge in [-0.2, -0.15) is 0 Å². The zero-order chi connectivity index (χ0) is 14.8. The smallest absolute Gasteiger partial charge is 0.277 e. The normalized spacial score (nSPS) is 12.5. The highest BCUT2D eigenvalue weighted by atomic mass is 16.1. The van der Waals surface area contributed by atoms with Crippen LogP contribution in [0.25, 0.3) is 10.9 Å². The summed E-state index contributed by atoms with van der Waals surface area (Å²) in [4.78, 5) is 12.4. The number of fused-ring (bicyclic) bond motifs is 1. The zero-order valence-corrected chi connectivity index (χ0v) is 11.7. The maximum absolute atomic E-state index is 12.4. The van der Waals surface area contributed by atoms with E-state index in [4.69, 9.17) is 5.73 Å². The molecule has 1 atom stereocenters. The van der Waals surface area contributed by atoms with E-state index < -0.39 is 0 Å². The van der Waals surface area contributed by atoms with Gasteiger partial charge in [0.05, 0.1) is 11.9 Å². The molecule has 1 heterocycles. The third kappa shape index (κ3) is 2.68. The Hall–Kier alpha value is -2.53. The lowest BCUT2D eigenvalue weighted by molar-refractivity contribution is 0.486. The van der Waals surface area contributed by atoms with Gasteiger partial charge in [-0.3, -0.25) is 4.79 Å². The molecule has 5 heteroatoms. The van der Waals surface area contributed by atoms with Crippen molar-refractivity contribution in [1.82, 2.24) is 15.0 Å². The molecule has 0 radical (unpaired) electrons. The van der Waals surface area contributed by atoms with Crippen molar-refractivity contribution in [3.05, 3.63) is 70.0 Å². The molecular formula is C16H16N4O. The fourth-order valence-electron chi connectivity index (χ4n) is 2.25. The molecule has 0 aliphatic carbocycles. The maximum Gasteiger partial charge on any atom is 0.277 e. The Bertz CT molecular complexity index is 824. The molecule has 0 saturated heterocycles. The molecule has 2 N–H and O–H groups in total. The van der Waals surface area contributed by atoms with Gasteiger partial charge in [-0.15, -0.1) is 5.10 Å². The van der Waals surface area contributed by atoms with Crippen LogP contribution in [-0.2, 0) is 6.54 Å². The highest BCUT2D eigenvalue weighted by Gasteiger charge is 2.11. The standard InChI is InChI=1S/C16H16N4O/c1-11-6-8-12(9-7-11)14(17)10-20-16(21)13-4-2-3-5-15(13)18-19-20/h2-9,14H,10,17H2,1H3. The van der Waals surface area contributed by atoms with Gasteiger partial charge in [0.25, 0.3) is 5.56 Å². The van der Waals surface area contributed by atoms with E-state index in [-0.39, 0.29) is 11.6 Å². The zero-order valence-electron chi connectivity index (χ0n) is 11.7. The molecule has 0 amide bonds. The molecule has 106 valence electrons. The first-order valence-electron chi connectivity index (χ1n) is 6.80. The van der Waals surface area contributed by atoms with Crippen LogP contribution in [0.15, 0.2) is 53.3 Å². The summed E-state index contributed by atoms with van der Waals surface area (Å²) >= 11 is 0. The summed E-state index contributed by atoms with van der Waals surface area (Å²) in [5.74, 6) is 0. The van der Waals surface area contributed by atoms with Crippen LogP contribution in [0.3, 0.4) is 0 Å². The number of benzene rings is 2. The summed E-state index contributed by atoms with van der Waals surface area (Å²) in [6.45, 7) is 2.33. The van der Waals surface area contributed by atoms with Gasteiger partial charge in [0.2, 0.25) is 0 Å². The summed E-state index contributed by atoms with van der Waals surface area (Å²) < 4.78 is 1.33. The quantitative estimate of drug-likeness (QED) is 0.794. The molecule has 0 bridgehead atoms. The third-order valence-electron chi connectivity index (χ3n) is 3.50. The van der Waals surface area contributed by atoms with Gasteiger partial charge < -0.3 is 5.73 Å². The molecule has 0 saturated carbocycles. The van der Waals surface area contributed by atoms with Gasteiger partial charge in [-0.25, -0.2) is 4.68 Å². The highest BCUT2D eigenvalue weighted by molar-refractivity contribution is 5.76. The van der Waals surface area contributed by atoms with Crippen molar-refractivity contribution in [2.75, 3.05) is 0 Å². The fraction of sp³-hybridized carbons (Fsp3) is 0.188. The molecule has 0 fully saturated rings. The van der Waals surface area contributed by atoms with Crippen molar-refractivity contribution in [2.45, 2.75) is 19.5 Å². The Kier molecular flexibility index (Phi) is 3.50. The molecule has 3 aromatic rings. The van der Waals surface area contributed by atoms with E-state index in [1.165, 1.54) is 10.2 Å².